The first kappa shape index (κ1) is 20.2. The Balaban J connectivity index is 1.46. The molecule has 0 aliphatic carbocycles. The molecule has 3 aromatic rings. The number of nitrogens with zero attached hydrogens (tertiary/aromatic N) is 2. The Kier molecular flexibility index (Phi) is 6.12. The number of aromatic hydroxyl groups is 1. The van der Waals surface area contributed by atoms with E-state index in [9.17, 15) is 5.11 Å². The molecule has 0 saturated carbocycles. The molecule has 0 amide bonds. The van der Waals surface area contributed by atoms with E-state index in [2.05, 4.69) is 28.1 Å². The lowest BCUT2D eigenvalue weighted by molar-refractivity contribution is 0.287. The van der Waals surface area contributed by atoms with Gasteiger partial charge in [0.05, 0.1) is 15.7 Å². The molecule has 1 aliphatic rings. The van der Waals surface area contributed by atoms with Crippen molar-refractivity contribution in [3.63, 3.8) is 0 Å². The van der Waals surface area contributed by atoms with Crippen LogP contribution in [-0.4, -0.2) is 28.1 Å². The molecule has 0 fully saturated rings. The number of rotatable bonds is 4. The number of hydrogen-bond donors (Lipinski definition) is 1. The van der Waals surface area contributed by atoms with E-state index in [1.807, 2.05) is 36.4 Å². The Morgan fingerprint density at radius 2 is 1.90 bits per heavy atom. The molecule has 2 heterocycles. The highest BCUT2D eigenvalue weighted by atomic mass is 35.5. The van der Waals surface area contributed by atoms with Crippen molar-refractivity contribution in [2.45, 2.75) is 13.0 Å². The largest absolute Gasteiger partial charge is 0.504 e. The molecule has 1 aromatic heterocycles. The van der Waals surface area contributed by atoms with E-state index in [0.29, 0.717) is 15.9 Å². The van der Waals surface area contributed by atoms with Gasteiger partial charge in [0.1, 0.15) is 5.52 Å². The quantitative estimate of drug-likeness (QED) is 0.483. The number of allylic oxidation sites excluding steroid dienone is 1. The minimum Gasteiger partial charge on any atom is -0.504 e. The van der Waals surface area contributed by atoms with Crippen LogP contribution in [0.2, 0.25) is 15.1 Å². The van der Waals surface area contributed by atoms with Crippen LogP contribution in [0.5, 0.6) is 5.75 Å². The first-order chi connectivity index (χ1) is 14.0. The Morgan fingerprint density at radius 3 is 2.66 bits per heavy atom. The molecule has 2 aromatic carbocycles. The van der Waals surface area contributed by atoms with Crippen molar-refractivity contribution >= 4 is 51.8 Å². The Bertz CT molecular complexity index is 1120. The van der Waals surface area contributed by atoms with E-state index in [0.717, 1.165) is 36.8 Å². The van der Waals surface area contributed by atoms with Crippen molar-refractivity contribution in [1.82, 2.24) is 9.88 Å². The van der Waals surface area contributed by atoms with E-state index < -0.39 is 0 Å². The normalized spacial score (nSPS) is 15.2. The molecule has 1 aliphatic heterocycles. The fourth-order valence-electron chi connectivity index (χ4n) is 3.42. The van der Waals surface area contributed by atoms with Crippen LogP contribution < -0.4 is 0 Å². The van der Waals surface area contributed by atoms with Crippen molar-refractivity contribution in [3.8, 4) is 5.75 Å². The first-order valence-corrected chi connectivity index (χ1v) is 10.4. The summed E-state index contributed by atoms with van der Waals surface area (Å²) in [5.74, 6) is -0.0464. The summed E-state index contributed by atoms with van der Waals surface area (Å²) in [5.41, 5.74) is 3.65. The maximum absolute atomic E-state index is 10.2. The summed E-state index contributed by atoms with van der Waals surface area (Å²) in [6, 6.07) is 13.3. The third-order valence-corrected chi connectivity index (χ3v) is 5.81. The van der Waals surface area contributed by atoms with Gasteiger partial charge in [0, 0.05) is 30.0 Å². The second kappa shape index (κ2) is 8.76. The van der Waals surface area contributed by atoms with E-state index >= 15 is 0 Å². The summed E-state index contributed by atoms with van der Waals surface area (Å²) in [4.78, 5) is 6.89. The number of benzene rings is 2. The Hall–Kier alpha value is -2.04. The van der Waals surface area contributed by atoms with Crippen LogP contribution in [0.3, 0.4) is 0 Å². The summed E-state index contributed by atoms with van der Waals surface area (Å²) in [6.45, 7) is 2.77. The van der Waals surface area contributed by atoms with Crippen molar-refractivity contribution in [3.05, 3.63) is 86.5 Å². The monoisotopic (exact) mass is 444 g/mol. The lowest BCUT2D eigenvalue weighted by Gasteiger charge is -2.25. The van der Waals surface area contributed by atoms with Gasteiger partial charge in [-0.15, -0.1) is 0 Å². The number of hydrogen-bond acceptors (Lipinski definition) is 3. The van der Waals surface area contributed by atoms with Gasteiger partial charge in [0.2, 0.25) is 0 Å². The van der Waals surface area contributed by atoms with Gasteiger partial charge in [0.15, 0.2) is 5.75 Å². The zero-order valence-electron chi connectivity index (χ0n) is 15.6. The molecule has 4 rings (SSSR count). The second-order valence-electron chi connectivity index (χ2n) is 7.05. The fourth-order valence-corrected chi connectivity index (χ4v) is 4.15. The van der Waals surface area contributed by atoms with Crippen LogP contribution in [0.4, 0.5) is 0 Å². The maximum Gasteiger partial charge on any atom is 0.160 e. The number of halogens is 3. The number of phenolic OH excluding ortho intramolecular Hbond substituents is 1. The van der Waals surface area contributed by atoms with Crippen LogP contribution in [0, 0.1) is 0 Å². The number of phenols is 1. The zero-order valence-corrected chi connectivity index (χ0v) is 17.8. The minimum atomic E-state index is -0.0464. The smallest absolute Gasteiger partial charge is 0.160 e. The lowest BCUT2D eigenvalue weighted by atomic mass is 10.1. The lowest BCUT2D eigenvalue weighted by Crippen LogP contribution is -2.28. The number of fused-ring (bicyclic) bond motifs is 1. The molecule has 6 heteroatoms. The first-order valence-electron chi connectivity index (χ1n) is 9.31. The highest BCUT2D eigenvalue weighted by Gasteiger charge is 2.12. The molecular formula is C23H19Cl3N2O. The van der Waals surface area contributed by atoms with E-state index in [1.54, 1.807) is 0 Å². The summed E-state index contributed by atoms with van der Waals surface area (Å²) >= 11 is 18.3. The minimum absolute atomic E-state index is 0.0464. The standard InChI is InChI=1S/C23H19Cl3N2O/c24-17-3-1-2-16(12-17)14-28-10-8-15(9-11-28)4-5-18-6-7-19-20(25)13-21(26)23(29)22(19)27-18/h1-8,12-13,29H,9-11,14H2/b5-4+. The highest BCUT2D eigenvalue weighted by molar-refractivity contribution is 6.39. The van der Waals surface area contributed by atoms with Gasteiger partial charge in [-0.05, 0) is 54.0 Å². The second-order valence-corrected chi connectivity index (χ2v) is 8.30. The van der Waals surface area contributed by atoms with Gasteiger partial charge < -0.3 is 5.11 Å². The molecule has 29 heavy (non-hydrogen) atoms. The molecular weight excluding hydrogens is 427 g/mol. The average molecular weight is 446 g/mol. The van der Waals surface area contributed by atoms with E-state index in [4.69, 9.17) is 34.8 Å². The van der Waals surface area contributed by atoms with Crippen LogP contribution in [0.15, 0.2) is 60.2 Å². The van der Waals surface area contributed by atoms with Gasteiger partial charge in [-0.2, -0.15) is 0 Å². The number of pyridine rings is 1. The van der Waals surface area contributed by atoms with E-state index in [1.165, 1.54) is 17.2 Å². The van der Waals surface area contributed by atoms with Crippen LogP contribution in [-0.2, 0) is 6.54 Å². The van der Waals surface area contributed by atoms with E-state index in [-0.39, 0.29) is 10.8 Å². The van der Waals surface area contributed by atoms with Crippen molar-refractivity contribution in [2.24, 2.45) is 0 Å². The molecule has 0 unspecified atom stereocenters. The van der Waals surface area contributed by atoms with Crippen molar-refractivity contribution < 1.29 is 5.11 Å². The summed E-state index contributed by atoms with van der Waals surface area (Å²) in [6.07, 6.45) is 7.23. The molecule has 0 bridgehead atoms. The molecule has 3 nitrogen and oxygen atoms in total. The third kappa shape index (κ3) is 4.76. The van der Waals surface area contributed by atoms with Gasteiger partial charge in [-0.25, -0.2) is 4.98 Å². The zero-order chi connectivity index (χ0) is 20.4. The van der Waals surface area contributed by atoms with Gasteiger partial charge >= 0.3 is 0 Å². The summed E-state index contributed by atoms with van der Waals surface area (Å²) in [7, 11) is 0. The van der Waals surface area contributed by atoms with Crippen molar-refractivity contribution in [1.29, 1.82) is 0 Å². The van der Waals surface area contributed by atoms with Crippen LogP contribution in [0.25, 0.3) is 17.0 Å². The molecule has 148 valence electrons. The topological polar surface area (TPSA) is 36.4 Å². The predicted molar refractivity (Wildman–Crippen MR) is 122 cm³/mol. The van der Waals surface area contributed by atoms with Gasteiger partial charge in [-0.3, -0.25) is 4.90 Å². The summed E-state index contributed by atoms with van der Waals surface area (Å²) in [5, 5.41) is 12.3. The Morgan fingerprint density at radius 1 is 1.03 bits per heavy atom. The molecule has 1 N–H and O–H groups in total. The third-order valence-electron chi connectivity index (χ3n) is 4.97. The maximum atomic E-state index is 10.2. The van der Waals surface area contributed by atoms with Crippen molar-refractivity contribution in [2.75, 3.05) is 13.1 Å². The Labute approximate surface area is 184 Å². The molecule has 0 spiro atoms. The molecule has 0 saturated heterocycles. The number of aromatic nitrogens is 1. The highest BCUT2D eigenvalue weighted by Crippen LogP contribution is 2.36. The van der Waals surface area contributed by atoms with Crippen LogP contribution in [0.1, 0.15) is 17.7 Å². The predicted octanol–water partition coefficient (Wildman–Crippen LogP) is 6.75. The fraction of sp³-hybridized carbons (Fsp3) is 0.174. The molecule has 0 radical (unpaired) electrons. The van der Waals surface area contributed by atoms with Crippen LogP contribution >= 0.6 is 34.8 Å². The van der Waals surface area contributed by atoms with Gasteiger partial charge in [0.25, 0.3) is 0 Å². The molecule has 0 atom stereocenters. The average Bonchev–Trinajstić information content (AvgIpc) is 2.71. The summed E-state index contributed by atoms with van der Waals surface area (Å²) < 4.78 is 0. The SMILES string of the molecule is Oc1c(Cl)cc(Cl)c2ccc(/C=C/C3=CCN(Cc4cccc(Cl)c4)CC3)nc12. The van der Waals surface area contributed by atoms with Gasteiger partial charge in [-0.1, -0.05) is 59.1 Å².